The van der Waals surface area contributed by atoms with Gasteiger partial charge in [0, 0.05) is 10.9 Å². The molecule has 1 aromatic carbocycles. The fourth-order valence-corrected chi connectivity index (χ4v) is 2.57. The molecule has 96 valence electrons. The number of hydrogen-bond acceptors (Lipinski definition) is 5. The highest BCUT2D eigenvalue weighted by molar-refractivity contribution is 7.08. The molecular formula is C14H12N2O2S. The standard InChI is InChI=1S/C14H12N2O2S/c1-17-11-5-3-4-10-13(11)16-14(18-2)12(15-10)9-6-7-19-8-9/h3-8H,1-2H3. The topological polar surface area (TPSA) is 44.2 Å². The van der Waals surface area contributed by atoms with E-state index in [0.29, 0.717) is 17.1 Å². The highest BCUT2D eigenvalue weighted by Gasteiger charge is 2.14. The molecule has 0 aliphatic carbocycles. The number of methoxy groups -OCH3 is 2. The summed E-state index contributed by atoms with van der Waals surface area (Å²) in [5, 5.41) is 4.03. The molecule has 0 atom stereocenters. The maximum atomic E-state index is 5.35. The molecule has 4 nitrogen and oxygen atoms in total. The number of para-hydroxylation sites is 1. The van der Waals surface area contributed by atoms with Gasteiger partial charge in [0.05, 0.1) is 19.7 Å². The van der Waals surface area contributed by atoms with Gasteiger partial charge in [0.1, 0.15) is 17.0 Å². The molecule has 0 saturated heterocycles. The molecule has 0 unspecified atom stereocenters. The van der Waals surface area contributed by atoms with Crippen LogP contribution >= 0.6 is 11.3 Å². The average molecular weight is 272 g/mol. The fraction of sp³-hybridized carbons (Fsp3) is 0.143. The lowest BCUT2D eigenvalue weighted by atomic mass is 10.2. The highest BCUT2D eigenvalue weighted by Crippen LogP contribution is 2.32. The summed E-state index contributed by atoms with van der Waals surface area (Å²) in [6.07, 6.45) is 0. The van der Waals surface area contributed by atoms with E-state index < -0.39 is 0 Å². The Labute approximate surface area is 114 Å². The first-order valence-electron chi connectivity index (χ1n) is 5.75. The van der Waals surface area contributed by atoms with Crippen molar-refractivity contribution in [3.8, 4) is 22.9 Å². The van der Waals surface area contributed by atoms with Gasteiger partial charge in [0.15, 0.2) is 0 Å². The van der Waals surface area contributed by atoms with Crippen LogP contribution in [0.2, 0.25) is 0 Å². The van der Waals surface area contributed by atoms with Crippen LogP contribution < -0.4 is 9.47 Å². The Balaban J connectivity index is 2.30. The Morgan fingerprint density at radius 3 is 2.63 bits per heavy atom. The summed E-state index contributed by atoms with van der Waals surface area (Å²) in [4.78, 5) is 9.15. The number of fused-ring (bicyclic) bond motifs is 1. The average Bonchev–Trinajstić information content (AvgIpc) is 2.99. The Bertz CT molecular complexity index is 711. The van der Waals surface area contributed by atoms with E-state index in [2.05, 4.69) is 9.97 Å². The molecule has 2 heterocycles. The third-order valence-corrected chi connectivity index (χ3v) is 3.52. The van der Waals surface area contributed by atoms with Crippen molar-refractivity contribution in [2.75, 3.05) is 14.2 Å². The molecule has 0 N–H and O–H groups in total. The molecule has 0 aliphatic rings. The van der Waals surface area contributed by atoms with Crippen molar-refractivity contribution in [1.82, 2.24) is 9.97 Å². The van der Waals surface area contributed by atoms with Gasteiger partial charge in [-0.25, -0.2) is 9.97 Å². The Morgan fingerprint density at radius 1 is 1.05 bits per heavy atom. The molecule has 5 heteroatoms. The normalized spacial score (nSPS) is 10.6. The van der Waals surface area contributed by atoms with Gasteiger partial charge in [-0.2, -0.15) is 11.3 Å². The molecule has 0 amide bonds. The number of ether oxygens (including phenoxy) is 2. The van der Waals surface area contributed by atoms with Gasteiger partial charge in [0.25, 0.3) is 0 Å². The van der Waals surface area contributed by atoms with Crippen LogP contribution in [0.5, 0.6) is 11.6 Å². The highest BCUT2D eigenvalue weighted by atomic mass is 32.1. The first-order valence-corrected chi connectivity index (χ1v) is 6.69. The molecule has 3 rings (SSSR count). The van der Waals surface area contributed by atoms with Crippen LogP contribution in [-0.4, -0.2) is 24.2 Å². The first kappa shape index (κ1) is 11.9. The second-order valence-electron chi connectivity index (χ2n) is 3.92. The van der Waals surface area contributed by atoms with E-state index in [1.165, 1.54) is 0 Å². The van der Waals surface area contributed by atoms with Crippen molar-refractivity contribution in [3.05, 3.63) is 35.0 Å². The molecule has 0 saturated carbocycles. The van der Waals surface area contributed by atoms with Crippen molar-refractivity contribution in [2.24, 2.45) is 0 Å². The van der Waals surface area contributed by atoms with Gasteiger partial charge in [0.2, 0.25) is 5.88 Å². The molecule has 19 heavy (non-hydrogen) atoms. The van der Waals surface area contributed by atoms with Gasteiger partial charge in [-0.05, 0) is 23.6 Å². The molecule has 0 fully saturated rings. The van der Waals surface area contributed by atoms with Gasteiger partial charge in [-0.1, -0.05) is 6.07 Å². The van der Waals surface area contributed by atoms with E-state index >= 15 is 0 Å². The van der Waals surface area contributed by atoms with Gasteiger partial charge >= 0.3 is 0 Å². The van der Waals surface area contributed by atoms with E-state index in [0.717, 1.165) is 16.8 Å². The number of aromatic nitrogens is 2. The van der Waals surface area contributed by atoms with Crippen molar-refractivity contribution >= 4 is 22.4 Å². The molecule has 0 radical (unpaired) electrons. The summed E-state index contributed by atoms with van der Waals surface area (Å²) in [5.41, 5.74) is 3.27. The lowest BCUT2D eigenvalue weighted by Gasteiger charge is -2.09. The summed E-state index contributed by atoms with van der Waals surface area (Å²) < 4.78 is 10.7. The molecule has 0 spiro atoms. The van der Waals surface area contributed by atoms with E-state index in [-0.39, 0.29) is 0 Å². The summed E-state index contributed by atoms with van der Waals surface area (Å²) in [6.45, 7) is 0. The van der Waals surface area contributed by atoms with Crippen molar-refractivity contribution < 1.29 is 9.47 Å². The van der Waals surface area contributed by atoms with Crippen LogP contribution in [-0.2, 0) is 0 Å². The minimum Gasteiger partial charge on any atom is -0.494 e. The molecular weight excluding hydrogens is 260 g/mol. The van der Waals surface area contributed by atoms with E-state index in [9.17, 15) is 0 Å². The van der Waals surface area contributed by atoms with Crippen molar-refractivity contribution in [1.29, 1.82) is 0 Å². The maximum absolute atomic E-state index is 5.35. The Hall–Kier alpha value is -2.14. The fourth-order valence-electron chi connectivity index (χ4n) is 1.93. The first-order chi connectivity index (χ1) is 9.33. The predicted molar refractivity (Wildman–Crippen MR) is 76.0 cm³/mol. The smallest absolute Gasteiger partial charge is 0.241 e. The summed E-state index contributed by atoms with van der Waals surface area (Å²) >= 11 is 1.62. The van der Waals surface area contributed by atoms with Crippen LogP contribution in [0.3, 0.4) is 0 Å². The van der Waals surface area contributed by atoms with Gasteiger partial charge < -0.3 is 9.47 Å². The minimum atomic E-state index is 0.510. The van der Waals surface area contributed by atoms with Crippen LogP contribution in [0, 0.1) is 0 Å². The second-order valence-corrected chi connectivity index (χ2v) is 4.70. The lowest BCUT2D eigenvalue weighted by Crippen LogP contribution is -1.97. The zero-order valence-corrected chi connectivity index (χ0v) is 11.4. The quantitative estimate of drug-likeness (QED) is 0.733. The van der Waals surface area contributed by atoms with E-state index in [1.54, 1.807) is 25.6 Å². The SMILES string of the molecule is COc1nc2c(OC)cccc2nc1-c1ccsc1. The number of thiophene rings is 1. The number of nitrogens with zero attached hydrogens (tertiary/aromatic N) is 2. The van der Waals surface area contributed by atoms with Gasteiger partial charge in [-0.3, -0.25) is 0 Å². The zero-order chi connectivity index (χ0) is 13.2. The molecule has 0 aliphatic heterocycles. The summed E-state index contributed by atoms with van der Waals surface area (Å²) in [6, 6.07) is 7.68. The summed E-state index contributed by atoms with van der Waals surface area (Å²) in [5.74, 6) is 1.20. The lowest BCUT2D eigenvalue weighted by molar-refractivity contribution is 0.396. The van der Waals surface area contributed by atoms with Crippen molar-refractivity contribution in [3.63, 3.8) is 0 Å². The number of hydrogen-bond donors (Lipinski definition) is 0. The maximum Gasteiger partial charge on any atom is 0.241 e. The third-order valence-electron chi connectivity index (χ3n) is 2.83. The zero-order valence-electron chi connectivity index (χ0n) is 10.6. The Kier molecular flexibility index (Phi) is 3.05. The van der Waals surface area contributed by atoms with Crippen LogP contribution in [0.1, 0.15) is 0 Å². The largest absolute Gasteiger partial charge is 0.494 e. The minimum absolute atomic E-state index is 0.510. The molecule has 2 aromatic heterocycles. The van der Waals surface area contributed by atoms with E-state index in [4.69, 9.17) is 9.47 Å². The van der Waals surface area contributed by atoms with Crippen LogP contribution in [0.15, 0.2) is 35.0 Å². The number of benzene rings is 1. The van der Waals surface area contributed by atoms with E-state index in [1.807, 2.05) is 35.0 Å². The predicted octanol–water partition coefficient (Wildman–Crippen LogP) is 3.38. The van der Waals surface area contributed by atoms with Crippen LogP contribution in [0.25, 0.3) is 22.3 Å². The van der Waals surface area contributed by atoms with Crippen molar-refractivity contribution in [2.45, 2.75) is 0 Å². The third kappa shape index (κ3) is 2.02. The molecule has 0 bridgehead atoms. The number of rotatable bonds is 3. The van der Waals surface area contributed by atoms with Gasteiger partial charge in [-0.15, -0.1) is 0 Å². The summed E-state index contributed by atoms with van der Waals surface area (Å²) in [7, 11) is 3.22. The Morgan fingerprint density at radius 2 is 1.95 bits per heavy atom. The monoisotopic (exact) mass is 272 g/mol. The second kappa shape index (κ2) is 4.85. The molecule has 3 aromatic rings. The van der Waals surface area contributed by atoms with Crippen LogP contribution in [0.4, 0.5) is 0 Å².